The summed E-state index contributed by atoms with van der Waals surface area (Å²) in [7, 11) is 1.58. The van der Waals surface area contributed by atoms with Gasteiger partial charge in [0.1, 0.15) is 12.2 Å². The number of aryl methyl sites for hydroxylation is 1. The molecule has 6 nitrogen and oxygen atoms in total. The van der Waals surface area contributed by atoms with Gasteiger partial charge in [0.15, 0.2) is 11.5 Å². The Morgan fingerprint density at radius 2 is 2.17 bits per heavy atom. The van der Waals surface area contributed by atoms with Crippen LogP contribution in [0, 0.1) is 6.92 Å². The van der Waals surface area contributed by atoms with E-state index in [9.17, 15) is 14.7 Å². The Morgan fingerprint density at radius 3 is 2.87 bits per heavy atom. The van der Waals surface area contributed by atoms with E-state index in [4.69, 9.17) is 9.47 Å². The van der Waals surface area contributed by atoms with E-state index >= 15 is 0 Å². The standard InChI is InChI=1S/C17H17NO5/c1-10-6-7-18(16(19)14(10)17(20)21)12-8-11-4-3-5-13(22-2)15(11)23-9-12/h3-7,12H,8-9H2,1-2H3,(H,20,21). The largest absolute Gasteiger partial charge is 0.493 e. The van der Waals surface area contributed by atoms with E-state index in [1.807, 2.05) is 18.2 Å². The van der Waals surface area contributed by atoms with Gasteiger partial charge >= 0.3 is 5.97 Å². The number of para-hydroxylation sites is 1. The molecule has 0 saturated carbocycles. The van der Waals surface area contributed by atoms with Gasteiger partial charge in [-0.05, 0) is 24.6 Å². The van der Waals surface area contributed by atoms with Crippen molar-refractivity contribution in [3.05, 3.63) is 57.5 Å². The number of hydrogen-bond donors (Lipinski definition) is 1. The van der Waals surface area contributed by atoms with Crippen LogP contribution < -0.4 is 15.0 Å². The summed E-state index contributed by atoms with van der Waals surface area (Å²) in [5.41, 5.74) is 0.698. The van der Waals surface area contributed by atoms with Gasteiger partial charge < -0.3 is 19.1 Å². The lowest BCUT2D eigenvalue weighted by Crippen LogP contribution is -2.35. The molecule has 1 aliphatic heterocycles. The third-order valence-electron chi connectivity index (χ3n) is 4.09. The first kappa shape index (κ1) is 15.1. The zero-order valence-corrected chi connectivity index (χ0v) is 12.9. The van der Waals surface area contributed by atoms with Crippen LogP contribution >= 0.6 is 0 Å². The second kappa shape index (κ2) is 5.79. The number of carboxylic acid groups (broad SMARTS) is 1. The van der Waals surface area contributed by atoms with Crippen molar-refractivity contribution in [2.75, 3.05) is 13.7 Å². The first-order valence-corrected chi connectivity index (χ1v) is 7.26. The molecule has 0 bridgehead atoms. The predicted molar refractivity (Wildman–Crippen MR) is 83.6 cm³/mol. The number of hydrogen-bond acceptors (Lipinski definition) is 4. The van der Waals surface area contributed by atoms with Gasteiger partial charge in [-0.25, -0.2) is 4.79 Å². The summed E-state index contributed by atoms with van der Waals surface area (Å²) < 4.78 is 12.5. The van der Waals surface area contributed by atoms with E-state index in [2.05, 4.69) is 0 Å². The number of benzene rings is 1. The number of aromatic carboxylic acids is 1. The van der Waals surface area contributed by atoms with E-state index in [0.717, 1.165) is 5.56 Å². The molecule has 0 saturated heterocycles. The summed E-state index contributed by atoms with van der Waals surface area (Å²) in [6.07, 6.45) is 2.21. The fourth-order valence-electron chi connectivity index (χ4n) is 2.91. The molecule has 3 rings (SSSR count). The molecule has 2 heterocycles. The topological polar surface area (TPSA) is 77.8 Å². The van der Waals surface area contributed by atoms with Gasteiger partial charge in [0.25, 0.3) is 5.56 Å². The lowest BCUT2D eigenvalue weighted by atomic mass is 10.0. The highest BCUT2D eigenvalue weighted by atomic mass is 16.5. The van der Waals surface area contributed by atoms with Crippen LogP contribution in [0.25, 0.3) is 0 Å². The number of pyridine rings is 1. The molecule has 6 heteroatoms. The van der Waals surface area contributed by atoms with Crippen molar-refractivity contribution in [2.45, 2.75) is 19.4 Å². The molecule has 1 unspecified atom stereocenters. The Balaban J connectivity index is 2.01. The van der Waals surface area contributed by atoms with Gasteiger partial charge in [0, 0.05) is 18.2 Å². The number of nitrogens with zero attached hydrogens (tertiary/aromatic N) is 1. The summed E-state index contributed by atoms with van der Waals surface area (Å²) >= 11 is 0. The quantitative estimate of drug-likeness (QED) is 0.938. The van der Waals surface area contributed by atoms with Crippen molar-refractivity contribution < 1.29 is 19.4 Å². The monoisotopic (exact) mass is 315 g/mol. The molecule has 1 aliphatic rings. The molecule has 0 aliphatic carbocycles. The zero-order chi connectivity index (χ0) is 16.6. The summed E-state index contributed by atoms with van der Waals surface area (Å²) in [6.45, 7) is 1.90. The maximum Gasteiger partial charge on any atom is 0.341 e. The number of carbonyl (C=O) groups is 1. The van der Waals surface area contributed by atoms with Crippen LogP contribution in [0.5, 0.6) is 11.5 Å². The van der Waals surface area contributed by atoms with Crippen LogP contribution in [-0.4, -0.2) is 29.4 Å². The lowest BCUT2D eigenvalue weighted by Gasteiger charge is -2.28. The minimum Gasteiger partial charge on any atom is -0.493 e. The van der Waals surface area contributed by atoms with Crippen LogP contribution in [0.4, 0.5) is 0 Å². The Hall–Kier alpha value is -2.76. The second-order valence-electron chi connectivity index (χ2n) is 5.51. The Morgan fingerprint density at radius 1 is 1.39 bits per heavy atom. The van der Waals surface area contributed by atoms with Crippen molar-refractivity contribution in [3.8, 4) is 11.5 Å². The number of methoxy groups -OCH3 is 1. The molecule has 120 valence electrons. The van der Waals surface area contributed by atoms with Gasteiger partial charge in [-0.1, -0.05) is 12.1 Å². The van der Waals surface area contributed by atoms with E-state index in [1.165, 1.54) is 4.57 Å². The van der Waals surface area contributed by atoms with Crippen molar-refractivity contribution in [3.63, 3.8) is 0 Å². The van der Waals surface area contributed by atoms with E-state index in [1.54, 1.807) is 26.3 Å². The molecule has 0 amide bonds. The minimum absolute atomic E-state index is 0.191. The fourth-order valence-corrected chi connectivity index (χ4v) is 2.91. The Kier molecular flexibility index (Phi) is 3.82. The van der Waals surface area contributed by atoms with E-state index in [-0.39, 0.29) is 18.2 Å². The SMILES string of the molecule is COc1cccc2c1OCC(n1ccc(C)c(C(=O)O)c1=O)C2. The van der Waals surface area contributed by atoms with E-state index in [0.29, 0.717) is 23.5 Å². The predicted octanol–water partition coefficient (Wildman–Crippen LogP) is 2.04. The van der Waals surface area contributed by atoms with Crippen LogP contribution in [-0.2, 0) is 6.42 Å². The van der Waals surface area contributed by atoms with Crippen LogP contribution in [0.3, 0.4) is 0 Å². The lowest BCUT2D eigenvalue weighted by molar-refractivity contribution is 0.0692. The summed E-state index contributed by atoms with van der Waals surface area (Å²) in [5, 5.41) is 9.23. The number of fused-ring (bicyclic) bond motifs is 1. The van der Waals surface area contributed by atoms with Crippen molar-refractivity contribution >= 4 is 5.97 Å². The Bertz CT molecular complexity index is 824. The van der Waals surface area contributed by atoms with Gasteiger partial charge in [-0.2, -0.15) is 0 Å². The van der Waals surface area contributed by atoms with Crippen molar-refractivity contribution in [1.82, 2.24) is 4.57 Å². The highest BCUT2D eigenvalue weighted by Gasteiger charge is 2.26. The summed E-state index contributed by atoms with van der Waals surface area (Å²) in [6, 6.07) is 7.00. The van der Waals surface area contributed by atoms with Crippen LogP contribution in [0.2, 0.25) is 0 Å². The first-order chi connectivity index (χ1) is 11.0. The van der Waals surface area contributed by atoms with Gasteiger partial charge in [-0.15, -0.1) is 0 Å². The number of aromatic nitrogens is 1. The maximum atomic E-state index is 12.5. The Labute approximate surface area is 132 Å². The van der Waals surface area contributed by atoms with Crippen LogP contribution in [0.15, 0.2) is 35.3 Å². The first-order valence-electron chi connectivity index (χ1n) is 7.26. The number of ether oxygens (including phenoxy) is 2. The van der Waals surface area contributed by atoms with Crippen LogP contribution in [0.1, 0.15) is 27.5 Å². The molecule has 1 aromatic carbocycles. The molecule has 0 spiro atoms. The molecule has 23 heavy (non-hydrogen) atoms. The zero-order valence-electron chi connectivity index (χ0n) is 12.9. The van der Waals surface area contributed by atoms with E-state index < -0.39 is 11.5 Å². The van der Waals surface area contributed by atoms with Crippen molar-refractivity contribution in [2.24, 2.45) is 0 Å². The minimum atomic E-state index is -1.21. The molecular formula is C17H17NO5. The van der Waals surface area contributed by atoms with Gasteiger partial charge in [0.05, 0.1) is 13.2 Å². The molecule has 1 aromatic heterocycles. The van der Waals surface area contributed by atoms with Crippen molar-refractivity contribution in [1.29, 1.82) is 0 Å². The molecular weight excluding hydrogens is 298 g/mol. The number of carboxylic acids is 1. The second-order valence-corrected chi connectivity index (χ2v) is 5.51. The maximum absolute atomic E-state index is 12.5. The number of rotatable bonds is 3. The molecule has 1 N–H and O–H groups in total. The molecule has 0 fully saturated rings. The summed E-state index contributed by atoms with van der Waals surface area (Å²) in [5.74, 6) is 0.133. The molecule has 0 radical (unpaired) electrons. The summed E-state index contributed by atoms with van der Waals surface area (Å²) in [4.78, 5) is 23.8. The fraction of sp³-hybridized carbons (Fsp3) is 0.294. The third-order valence-corrected chi connectivity index (χ3v) is 4.09. The highest BCUT2D eigenvalue weighted by molar-refractivity contribution is 5.88. The van der Waals surface area contributed by atoms with Gasteiger partial charge in [-0.3, -0.25) is 4.79 Å². The molecule has 1 atom stereocenters. The average molecular weight is 315 g/mol. The van der Waals surface area contributed by atoms with Gasteiger partial charge in [0.2, 0.25) is 0 Å². The third kappa shape index (κ3) is 2.56. The average Bonchev–Trinajstić information content (AvgIpc) is 2.53. The molecule has 2 aromatic rings. The highest BCUT2D eigenvalue weighted by Crippen LogP contribution is 2.36. The smallest absolute Gasteiger partial charge is 0.341 e. The normalized spacial score (nSPS) is 16.3.